The van der Waals surface area contributed by atoms with Crippen molar-refractivity contribution in [2.45, 2.75) is 163 Å². The van der Waals surface area contributed by atoms with Crippen LogP contribution < -0.4 is 130 Å². The Hall–Kier alpha value is -7.87. The molecule has 0 saturated heterocycles. The van der Waals surface area contributed by atoms with Crippen LogP contribution in [-0.2, 0) is 45.2 Å². The van der Waals surface area contributed by atoms with E-state index in [2.05, 4.69) is 89.0 Å². The van der Waals surface area contributed by atoms with Crippen LogP contribution in [0.3, 0.4) is 0 Å². The number of rotatable bonds is 17. The largest absolute Gasteiger partial charge is 1.00 e. The molecule has 0 spiro atoms. The Morgan fingerprint density at radius 1 is 0.566 bits per heavy atom. The summed E-state index contributed by atoms with van der Waals surface area (Å²) in [7, 11) is 1.73. The Labute approximate surface area is 753 Å². The number of anilines is 3. The zero-order valence-corrected chi connectivity index (χ0v) is 75.2. The standard InChI is InChI=1S/C27H30FN3O4Si.C24H22FN3O4.C17H14FN3O4.C9H17NOSi.CH2O3.CH4.BrH.2K.H/c1-16-23(25(34)22(33)14-27(12-20(32)13-27)9-10-36(4,5)6)17(2)31(3)24(16)26(35)30-19-7-8-21(28)18(11-19)15-29;1-5-24(9-17(29)10-24)11-19(30)22(31)20-13(2)21(28(4)14(20)3)23(32)27-16-6-7-18(25)15(8-16)12-26;1-8-13(15(22)17(24)25)9(2)21(3)14(8)16(23)20-11-4-5-12(18)10(6-11)7-19;1-12(2,3)5-4-9(10)6-8(11)7-9;2-1-4-3;;;;;/h7-8,11,20,32H,12-14H2,1-6H3,(H,30,35);1,6-8,17,29H,9-11H2,2-4H3,(H,27,32);4-6H,1-3H3,(H,20,23)(H,24,25);8,11H,6-7,10H2,1-3H3;1,3H;1H4;1H;;;/q;;;;;;;2*+1;-1/p-1. The summed E-state index contributed by atoms with van der Waals surface area (Å²) in [6, 6.07) is 15.9. The third kappa shape index (κ3) is 26.3. The van der Waals surface area contributed by atoms with Gasteiger partial charge in [-0.05, 0) is 139 Å². The zero-order chi connectivity index (χ0) is 82.5. The molecule has 3 aromatic heterocycles. The number of benzene rings is 3. The van der Waals surface area contributed by atoms with Crippen LogP contribution in [-0.4, -0.2) is 133 Å². The van der Waals surface area contributed by atoms with E-state index >= 15 is 0 Å². The van der Waals surface area contributed by atoms with Crippen molar-refractivity contribution < 1.29 is 196 Å². The molecule has 113 heavy (non-hydrogen) atoms. The maximum atomic E-state index is 13.6. The van der Waals surface area contributed by atoms with E-state index in [4.69, 9.17) is 48.2 Å². The number of hydrogen-bond donors (Lipinski definition) is 8. The molecule has 3 saturated carbocycles. The van der Waals surface area contributed by atoms with Crippen LogP contribution in [0, 0.1) is 139 Å². The fourth-order valence-electron chi connectivity index (χ4n) is 12.5. The van der Waals surface area contributed by atoms with Crippen molar-refractivity contribution in [3.8, 4) is 53.5 Å². The molecular weight excluding hydrogens is 1620 g/mol. The number of nitriles is 3. The first kappa shape index (κ1) is 103. The van der Waals surface area contributed by atoms with E-state index in [9.17, 15) is 66.5 Å². The molecule has 3 aliphatic carbocycles. The smallest absolute Gasteiger partial charge is 1.00 e. The number of aliphatic hydroxyl groups excluding tert-OH is 3. The van der Waals surface area contributed by atoms with E-state index in [1.807, 2.05) is 0 Å². The Kier molecular flexibility index (Phi) is 39.4. The molecule has 9 rings (SSSR count). The van der Waals surface area contributed by atoms with E-state index in [0.29, 0.717) is 53.9 Å². The second-order valence-corrected chi connectivity index (χ2v) is 38.5. The van der Waals surface area contributed by atoms with Gasteiger partial charge in [0.25, 0.3) is 30.0 Å². The van der Waals surface area contributed by atoms with Crippen LogP contribution in [0.15, 0.2) is 54.6 Å². The summed E-state index contributed by atoms with van der Waals surface area (Å²) in [6.07, 6.45) is 6.49. The zero-order valence-electron chi connectivity index (χ0n) is 66.2. The van der Waals surface area contributed by atoms with Gasteiger partial charge in [0.05, 0.1) is 57.2 Å². The number of amides is 3. The number of nitrogens with zero attached hydrogens (tertiary/aromatic N) is 6. The van der Waals surface area contributed by atoms with Crippen molar-refractivity contribution in [3.05, 3.63) is 156 Å². The summed E-state index contributed by atoms with van der Waals surface area (Å²) in [5.41, 5.74) is 13.3. The summed E-state index contributed by atoms with van der Waals surface area (Å²) in [5.74, 6) is -0.418. The average Bonchev–Trinajstić information content (AvgIpc) is 1.56. The summed E-state index contributed by atoms with van der Waals surface area (Å²) in [5, 5.41) is 80.5. The Balaban J connectivity index is 0.00000151. The second-order valence-electron chi connectivity index (χ2n) is 29.0. The molecule has 0 radical (unpaired) electrons. The number of Topliss-reactive ketones (excluding diaryl/α,β-unsaturated/α-hetero) is 5. The van der Waals surface area contributed by atoms with Gasteiger partial charge in [-0.2, -0.15) is 15.8 Å². The minimum absolute atomic E-state index is 0. The number of nitrogens with two attached hydrogens (primary N) is 1. The first-order chi connectivity index (χ1) is 50.6. The molecule has 0 aliphatic heterocycles. The summed E-state index contributed by atoms with van der Waals surface area (Å²) < 4.78 is 45.0. The number of hydrogen-bond acceptors (Lipinski definition) is 19. The van der Waals surface area contributed by atoms with Gasteiger partial charge in [0, 0.05) is 91.8 Å². The summed E-state index contributed by atoms with van der Waals surface area (Å²) in [4.78, 5) is 125. The number of aliphatic carboxylic acids is 1. The normalized spacial score (nSPS) is 17.7. The van der Waals surface area contributed by atoms with E-state index in [-0.39, 0.29) is 245 Å². The van der Waals surface area contributed by atoms with Gasteiger partial charge in [0.1, 0.15) is 68.9 Å². The molecule has 590 valence electrons. The Morgan fingerprint density at radius 2 is 0.841 bits per heavy atom. The summed E-state index contributed by atoms with van der Waals surface area (Å²) >= 11 is 0. The molecule has 0 unspecified atom stereocenters. The van der Waals surface area contributed by atoms with Gasteiger partial charge >= 0.3 is 109 Å². The minimum atomic E-state index is -1.72. The molecule has 3 aliphatic rings. The molecule has 34 heteroatoms. The molecule has 0 atom stereocenters. The van der Waals surface area contributed by atoms with Crippen LogP contribution in [0.5, 0.6) is 0 Å². The first-order valence-corrected chi connectivity index (χ1v) is 40.7. The van der Waals surface area contributed by atoms with E-state index in [0.717, 1.165) is 18.2 Å². The van der Waals surface area contributed by atoms with Crippen LogP contribution in [0.1, 0.15) is 173 Å². The predicted molar refractivity (Wildman–Crippen MR) is 416 cm³/mol. The molecule has 3 aromatic carbocycles. The minimum Gasteiger partial charge on any atom is -1.00 e. The first-order valence-electron chi connectivity index (χ1n) is 33.7. The predicted octanol–water partition coefficient (Wildman–Crippen LogP) is 3.55. The van der Waals surface area contributed by atoms with Crippen LogP contribution in [0.2, 0.25) is 39.3 Å². The van der Waals surface area contributed by atoms with Crippen molar-refractivity contribution in [1.29, 1.82) is 15.8 Å². The molecule has 9 N–H and O–H groups in total. The third-order valence-corrected chi connectivity index (χ3v) is 20.0. The number of halogens is 4. The number of carboxylic acid groups (broad SMARTS) is 1. The molecule has 3 fully saturated rings. The summed E-state index contributed by atoms with van der Waals surface area (Å²) in [6.45, 7) is 22.1. The number of carbonyl (C=O) groups is 10. The molecular formula is C79H90BrF3K2N10O16Si2. The van der Waals surface area contributed by atoms with Crippen molar-refractivity contribution in [3.63, 3.8) is 0 Å². The SMILES string of the molecule is Br.C.C#CC1(CC(=O)C(=O)c2c(C)c(C(=O)Nc3ccc(F)c(C#N)c3)n(C)c2C)CC(O)C1.C[Si](C)(C)C#CC1(N)CC(O)C1.Cc1c(C(=O)C(=O)CC2(C#C[Si](C)(C)C)CC(O)C2)c(C)n(C)c1C(=O)Nc1ccc(F)c(C#N)c1.Cc1c(C(=O)C(=O)O)c(C)n(C)c1C(=O)Nc1ccc(F)c(C#N)c1.O=CO[O-].[H-].[K+].[K+]. The van der Waals surface area contributed by atoms with E-state index < -0.39 is 109 Å². The number of terminal acetylenes is 1. The molecule has 3 heterocycles. The molecule has 26 nitrogen and oxygen atoms in total. The number of carbonyl (C=O) groups excluding carboxylic acids is 9. The topological polar surface area (TPSA) is 432 Å². The third-order valence-electron chi connectivity index (χ3n) is 18.3. The van der Waals surface area contributed by atoms with Gasteiger partial charge in [-0.1, -0.05) is 58.5 Å². The van der Waals surface area contributed by atoms with Crippen molar-refractivity contribution in [1.82, 2.24) is 13.7 Å². The van der Waals surface area contributed by atoms with Gasteiger partial charge in [-0.3, -0.25) is 43.2 Å². The molecule has 3 amide bonds. The fraction of sp³-hybridized carbons (Fsp3) is 0.380. The van der Waals surface area contributed by atoms with Crippen LogP contribution >= 0.6 is 17.0 Å². The fourth-order valence-corrected chi connectivity index (χ4v) is 13.8. The number of ketones is 5. The number of carboxylic acids is 1. The van der Waals surface area contributed by atoms with Crippen LogP contribution in [0.4, 0.5) is 30.2 Å². The van der Waals surface area contributed by atoms with Gasteiger partial charge in [0.2, 0.25) is 23.1 Å². The van der Waals surface area contributed by atoms with Crippen molar-refractivity contribution in [2.24, 2.45) is 37.7 Å². The second kappa shape index (κ2) is 43.2. The maximum absolute atomic E-state index is 13.6. The number of nitrogens with one attached hydrogen (secondary N) is 3. The number of aromatic nitrogens is 3. The molecule has 0 bridgehead atoms. The monoisotopic (exact) mass is 1700 g/mol. The number of aliphatic hydroxyl groups is 3. The van der Waals surface area contributed by atoms with Crippen LogP contribution in [0.25, 0.3) is 0 Å². The van der Waals surface area contributed by atoms with Gasteiger partial charge in [0.15, 0.2) is 0 Å². The van der Waals surface area contributed by atoms with Crippen molar-refractivity contribution >= 4 is 109 Å². The Morgan fingerprint density at radius 3 is 1.10 bits per heavy atom. The van der Waals surface area contributed by atoms with Gasteiger partial charge in [-0.15, -0.1) is 40.4 Å². The molecule has 6 aromatic rings. The quantitative estimate of drug-likeness (QED) is 0.0123. The van der Waals surface area contributed by atoms with Crippen molar-refractivity contribution in [2.75, 3.05) is 16.0 Å². The maximum Gasteiger partial charge on any atom is 1.00 e. The van der Waals surface area contributed by atoms with Gasteiger partial charge in [-0.25, -0.2) is 18.0 Å². The van der Waals surface area contributed by atoms with Gasteiger partial charge < -0.3 is 67.4 Å². The van der Waals surface area contributed by atoms with E-state index in [1.165, 1.54) is 71.0 Å². The average molecular weight is 1710 g/mol. The van der Waals surface area contributed by atoms with E-state index in [1.54, 1.807) is 60.0 Å². The Bertz CT molecular complexity index is 5020.